The Bertz CT molecular complexity index is 778. The molecule has 0 bridgehead atoms. The maximum Gasteiger partial charge on any atom is 0.254 e. The van der Waals surface area contributed by atoms with Gasteiger partial charge in [0.05, 0.1) is 25.2 Å². The number of hydrogen-bond donors (Lipinski definition) is 2. The molecule has 6 heteroatoms. The highest BCUT2D eigenvalue weighted by molar-refractivity contribution is 9.10. The lowest BCUT2D eigenvalue weighted by atomic mass is 9.87. The highest BCUT2D eigenvalue weighted by atomic mass is 79.9. The molecule has 3 rings (SSSR count). The van der Waals surface area contributed by atoms with Crippen molar-refractivity contribution in [3.05, 3.63) is 57.6 Å². The predicted octanol–water partition coefficient (Wildman–Crippen LogP) is 2.70. The number of hydrogen-bond acceptors (Lipinski definition) is 4. The molecule has 126 valence electrons. The fourth-order valence-corrected chi connectivity index (χ4v) is 3.55. The van der Waals surface area contributed by atoms with E-state index in [4.69, 9.17) is 9.47 Å². The van der Waals surface area contributed by atoms with Crippen molar-refractivity contribution in [2.24, 2.45) is 0 Å². The van der Waals surface area contributed by atoms with Gasteiger partial charge in [0.1, 0.15) is 17.6 Å². The average molecular weight is 392 g/mol. The number of amides is 1. The summed E-state index contributed by atoms with van der Waals surface area (Å²) >= 11 is 3.46. The molecule has 2 aromatic carbocycles. The molecule has 1 amide bonds. The molecule has 2 aromatic rings. The second-order valence-electron chi connectivity index (χ2n) is 5.54. The van der Waals surface area contributed by atoms with Crippen molar-refractivity contribution in [3.63, 3.8) is 0 Å². The lowest BCUT2D eigenvalue weighted by Gasteiger charge is -2.18. The molecular weight excluding hydrogens is 374 g/mol. The van der Waals surface area contributed by atoms with Gasteiger partial charge in [-0.05, 0) is 29.8 Å². The zero-order chi connectivity index (χ0) is 17.3. The first-order valence-corrected chi connectivity index (χ1v) is 8.35. The smallest absolute Gasteiger partial charge is 0.254 e. The van der Waals surface area contributed by atoms with Crippen LogP contribution < -0.4 is 14.8 Å². The number of aliphatic hydroxyl groups is 1. The molecule has 0 saturated carbocycles. The van der Waals surface area contributed by atoms with Crippen LogP contribution in [-0.2, 0) is 0 Å². The van der Waals surface area contributed by atoms with Gasteiger partial charge in [0.15, 0.2) is 0 Å². The Hall–Kier alpha value is -2.05. The number of fused-ring (bicyclic) bond motifs is 1. The molecule has 0 saturated heterocycles. The van der Waals surface area contributed by atoms with Crippen LogP contribution in [0.1, 0.15) is 27.4 Å². The van der Waals surface area contributed by atoms with Crippen molar-refractivity contribution in [1.29, 1.82) is 0 Å². The van der Waals surface area contributed by atoms with E-state index in [0.29, 0.717) is 11.3 Å². The van der Waals surface area contributed by atoms with Gasteiger partial charge in [-0.3, -0.25) is 4.79 Å². The van der Waals surface area contributed by atoms with Crippen LogP contribution in [0.3, 0.4) is 0 Å². The Kier molecular flexibility index (Phi) is 4.78. The van der Waals surface area contributed by atoms with Crippen molar-refractivity contribution < 1.29 is 19.4 Å². The quantitative estimate of drug-likeness (QED) is 0.840. The number of halogens is 1. The van der Waals surface area contributed by atoms with E-state index in [9.17, 15) is 9.90 Å². The largest absolute Gasteiger partial charge is 0.497 e. The van der Waals surface area contributed by atoms with E-state index in [1.807, 2.05) is 30.3 Å². The molecule has 2 unspecified atom stereocenters. The third kappa shape index (κ3) is 2.87. The van der Waals surface area contributed by atoms with E-state index in [2.05, 4.69) is 21.2 Å². The van der Waals surface area contributed by atoms with E-state index >= 15 is 0 Å². The van der Waals surface area contributed by atoms with Gasteiger partial charge in [-0.15, -0.1) is 0 Å². The zero-order valence-corrected chi connectivity index (χ0v) is 15.0. The molecule has 5 nitrogen and oxygen atoms in total. The maximum absolute atomic E-state index is 12.2. The van der Waals surface area contributed by atoms with Crippen LogP contribution in [-0.4, -0.2) is 37.9 Å². The minimum Gasteiger partial charge on any atom is -0.497 e. The molecular formula is C18H18BrNO4. The number of benzene rings is 2. The van der Waals surface area contributed by atoms with Crippen LogP contribution in [0.15, 0.2) is 40.9 Å². The van der Waals surface area contributed by atoms with Crippen LogP contribution in [0.5, 0.6) is 11.5 Å². The van der Waals surface area contributed by atoms with E-state index < -0.39 is 6.10 Å². The summed E-state index contributed by atoms with van der Waals surface area (Å²) in [5.41, 5.74) is 2.29. The second kappa shape index (κ2) is 6.83. The first-order valence-electron chi connectivity index (χ1n) is 7.56. The highest BCUT2D eigenvalue weighted by Crippen LogP contribution is 2.46. The van der Waals surface area contributed by atoms with Gasteiger partial charge >= 0.3 is 0 Å². The molecule has 1 aliphatic heterocycles. The first-order chi connectivity index (χ1) is 11.6. The van der Waals surface area contributed by atoms with Gasteiger partial charge < -0.3 is 19.9 Å². The summed E-state index contributed by atoms with van der Waals surface area (Å²) in [6, 6.07) is 11.3. The summed E-state index contributed by atoms with van der Waals surface area (Å²) in [5, 5.41) is 12.4. The SMILES string of the molecule is CNC(=O)c1cc(Br)cc2c1OC(CO)C2c1cccc(OC)c1. The van der Waals surface area contributed by atoms with Gasteiger partial charge in [-0.2, -0.15) is 0 Å². The molecule has 24 heavy (non-hydrogen) atoms. The Morgan fingerprint density at radius 1 is 1.38 bits per heavy atom. The van der Waals surface area contributed by atoms with Crippen molar-refractivity contribution in [1.82, 2.24) is 5.32 Å². The number of methoxy groups -OCH3 is 1. The summed E-state index contributed by atoms with van der Waals surface area (Å²) in [5.74, 6) is 0.847. The summed E-state index contributed by atoms with van der Waals surface area (Å²) < 4.78 is 12.0. The summed E-state index contributed by atoms with van der Waals surface area (Å²) in [6.07, 6.45) is -0.454. The monoisotopic (exact) mass is 391 g/mol. The maximum atomic E-state index is 12.2. The standard InChI is InChI=1S/C18H18BrNO4/c1-20-18(22)14-8-11(19)7-13-16(15(9-21)24-17(13)14)10-4-3-5-12(6-10)23-2/h3-8,15-16,21H,9H2,1-2H3,(H,20,22). The highest BCUT2D eigenvalue weighted by Gasteiger charge is 2.38. The van der Waals surface area contributed by atoms with E-state index in [1.54, 1.807) is 20.2 Å². The van der Waals surface area contributed by atoms with E-state index in [-0.39, 0.29) is 18.4 Å². The van der Waals surface area contributed by atoms with Gasteiger partial charge in [-0.1, -0.05) is 28.1 Å². The Labute approximate surface area is 148 Å². The third-order valence-corrected chi connectivity index (χ3v) is 4.62. The molecule has 0 aliphatic carbocycles. The summed E-state index contributed by atoms with van der Waals surface area (Å²) in [4.78, 5) is 12.2. The minimum atomic E-state index is -0.454. The van der Waals surface area contributed by atoms with Crippen molar-refractivity contribution in [3.8, 4) is 11.5 Å². The number of aliphatic hydroxyl groups excluding tert-OH is 1. The van der Waals surface area contributed by atoms with Crippen LogP contribution in [0, 0.1) is 0 Å². The van der Waals surface area contributed by atoms with Gasteiger partial charge in [-0.25, -0.2) is 0 Å². The Morgan fingerprint density at radius 3 is 2.83 bits per heavy atom. The summed E-state index contributed by atoms with van der Waals surface area (Å²) in [7, 11) is 3.19. The van der Waals surface area contributed by atoms with Crippen LogP contribution in [0.4, 0.5) is 0 Å². The Balaban J connectivity index is 2.15. The lowest BCUT2D eigenvalue weighted by Crippen LogP contribution is -2.24. The second-order valence-corrected chi connectivity index (χ2v) is 6.46. The summed E-state index contributed by atoms with van der Waals surface area (Å²) in [6.45, 7) is -0.151. The van der Waals surface area contributed by atoms with Crippen molar-refractivity contribution in [2.75, 3.05) is 20.8 Å². The number of nitrogens with one attached hydrogen (secondary N) is 1. The topological polar surface area (TPSA) is 67.8 Å². The van der Waals surface area contributed by atoms with E-state index in [0.717, 1.165) is 21.3 Å². The van der Waals surface area contributed by atoms with Gasteiger partial charge in [0, 0.05) is 17.1 Å². The number of ether oxygens (including phenoxy) is 2. The van der Waals surface area contributed by atoms with Crippen LogP contribution >= 0.6 is 15.9 Å². The predicted molar refractivity (Wildman–Crippen MR) is 93.9 cm³/mol. The van der Waals surface area contributed by atoms with Crippen LogP contribution in [0.2, 0.25) is 0 Å². The molecule has 1 heterocycles. The third-order valence-electron chi connectivity index (χ3n) is 4.16. The van der Waals surface area contributed by atoms with Gasteiger partial charge in [0.2, 0.25) is 0 Å². The average Bonchev–Trinajstić information content (AvgIpc) is 2.98. The number of rotatable bonds is 4. The zero-order valence-electron chi connectivity index (χ0n) is 13.4. The molecule has 0 radical (unpaired) electrons. The number of carbonyl (C=O) groups excluding carboxylic acids is 1. The first kappa shape index (κ1) is 16.8. The fraction of sp³-hybridized carbons (Fsp3) is 0.278. The normalized spacial score (nSPS) is 18.7. The lowest BCUT2D eigenvalue weighted by molar-refractivity contribution is 0.0947. The van der Waals surface area contributed by atoms with Crippen molar-refractivity contribution in [2.45, 2.75) is 12.0 Å². The molecule has 1 aliphatic rings. The van der Waals surface area contributed by atoms with Crippen molar-refractivity contribution >= 4 is 21.8 Å². The fourth-order valence-electron chi connectivity index (χ4n) is 3.07. The Morgan fingerprint density at radius 2 is 2.17 bits per heavy atom. The molecule has 0 spiro atoms. The van der Waals surface area contributed by atoms with Crippen LogP contribution in [0.25, 0.3) is 0 Å². The van der Waals surface area contributed by atoms with Gasteiger partial charge in [0.25, 0.3) is 5.91 Å². The van der Waals surface area contributed by atoms with E-state index in [1.165, 1.54) is 0 Å². The molecule has 0 fully saturated rings. The minimum absolute atomic E-state index is 0.151. The molecule has 2 N–H and O–H groups in total. The number of carbonyl (C=O) groups is 1. The molecule has 2 atom stereocenters. The molecule has 0 aromatic heterocycles.